The van der Waals surface area contributed by atoms with E-state index < -0.39 is 0 Å². The van der Waals surface area contributed by atoms with Crippen LogP contribution < -0.4 is 5.73 Å². The fourth-order valence-corrected chi connectivity index (χ4v) is 3.29. The van der Waals surface area contributed by atoms with E-state index >= 15 is 0 Å². The van der Waals surface area contributed by atoms with Crippen LogP contribution in [-0.2, 0) is 0 Å². The molecule has 0 amide bonds. The number of aryl methyl sites for hydroxylation is 1. The number of nitrogens with two attached hydrogens (primary N) is 1. The van der Waals surface area contributed by atoms with E-state index in [0.717, 1.165) is 11.1 Å². The van der Waals surface area contributed by atoms with Crippen LogP contribution in [0.3, 0.4) is 0 Å². The zero-order valence-electron chi connectivity index (χ0n) is 11.3. The number of hydrogen-bond acceptors (Lipinski definition) is 1. The van der Waals surface area contributed by atoms with Gasteiger partial charge in [-0.05, 0) is 46.9 Å². The monoisotopic (exact) mass is 235 g/mol. The molecule has 1 aromatic rings. The highest BCUT2D eigenvalue weighted by Crippen LogP contribution is 2.71. The summed E-state index contributed by atoms with van der Waals surface area (Å²) in [7, 11) is 0. The zero-order valence-corrected chi connectivity index (χ0v) is 11.3. The Bertz CT molecular complexity index is 414. The first-order valence-corrected chi connectivity index (χ1v) is 6.20. The molecule has 2 heteroatoms. The molecule has 1 aliphatic carbocycles. The standard InChI is InChI=1S/C15H22FN/c1-9-6-10(8-11(16)7-9)12(17)13-14(2,3)15(13,4)5/h6-8,12-13H,17H2,1-5H3. The number of hydrogen-bond donors (Lipinski definition) is 1. The van der Waals surface area contributed by atoms with Gasteiger partial charge in [-0.25, -0.2) is 4.39 Å². The van der Waals surface area contributed by atoms with Crippen LogP contribution in [0.1, 0.15) is 44.9 Å². The van der Waals surface area contributed by atoms with Crippen LogP contribution in [0.2, 0.25) is 0 Å². The van der Waals surface area contributed by atoms with Crippen LogP contribution in [0, 0.1) is 29.5 Å². The van der Waals surface area contributed by atoms with Gasteiger partial charge in [0, 0.05) is 6.04 Å². The summed E-state index contributed by atoms with van der Waals surface area (Å²) >= 11 is 0. The van der Waals surface area contributed by atoms with E-state index in [1.165, 1.54) is 0 Å². The Morgan fingerprint density at radius 1 is 1.12 bits per heavy atom. The predicted molar refractivity (Wildman–Crippen MR) is 69.1 cm³/mol. The minimum Gasteiger partial charge on any atom is -0.324 e. The summed E-state index contributed by atoms with van der Waals surface area (Å²) in [5, 5.41) is 0. The smallest absolute Gasteiger partial charge is 0.123 e. The van der Waals surface area contributed by atoms with Crippen LogP contribution in [-0.4, -0.2) is 0 Å². The van der Waals surface area contributed by atoms with Crippen LogP contribution in [0.25, 0.3) is 0 Å². The van der Waals surface area contributed by atoms with Crippen molar-refractivity contribution >= 4 is 0 Å². The normalized spacial score (nSPS) is 23.5. The van der Waals surface area contributed by atoms with Gasteiger partial charge in [-0.15, -0.1) is 0 Å². The molecule has 94 valence electrons. The molecule has 2 rings (SSSR count). The van der Waals surface area contributed by atoms with Crippen molar-refractivity contribution in [1.29, 1.82) is 0 Å². The second kappa shape index (κ2) is 3.55. The average Bonchev–Trinajstić information content (AvgIpc) is 2.54. The molecule has 1 fully saturated rings. The molecule has 0 saturated heterocycles. The zero-order chi connectivity index (χ0) is 13.0. The summed E-state index contributed by atoms with van der Waals surface area (Å²) < 4.78 is 13.4. The van der Waals surface area contributed by atoms with Gasteiger partial charge in [0.15, 0.2) is 0 Å². The van der Waals surface area contributed by atoms with Crippen LogP contribution in [0.4, 0.5) is 4.39 Å². The van der Waals surface area contributed by atoms with E-state index in [-0.39, 0.29) is 22.7 Å². The Hall–Kier alpha value is -0.890. The largest absolute Gasteiger partial charge is 0.324 e. The molecule has 0 aliphatic heterocycles. The van der Waals surface area contributed by atoms with E-state index in [1.54, 1.807) is 12.1 Å². The topological polar surface area (TPSA) is 26.0 Å². The van der Waals surface area contributed by atoms with Crippen molar-refractivity contribution in [1.82, 2.24) is 0 Å². The number of halogens is 1. The maximum absolute atomic E-state index is 13.4. The molecule has 0 radical (unpaired) electrons. The van der Waals surface area contributed by atoms with E-state index in [4.69, 9.17) is 5.73 Å². The maximum Gasteiger partial charge on any atom is 0.123 e. The molecule has 0 heterocycles. The van der Waals surface area contributed by atoms with Crippen molar-refractivity contribution in [3.8, 4) is 0 Å². The van der Waals surface area contributed by atoms with Crippen LogP contribution >= 0.6 is 0 Å². The third-order valence-corrected chi connectivity index (χ3v) is 4.94. The van der Waals surface area contributed by atoms with Gasteiger partial charge < -0.3 is 5.73 Å². The molecule has 1 unspecified atom stereocenters. The van der Waals surface area contributed by atoms with Crippen molar-refractivity contribution in [3.63, 3.8) is 0 Å². The molecule has 17 heavy (non-hydrogen) atoms. The van der Waals surface area contributed by atoms with E-state index in [2.05, 4.69) is 27.7 Å². The lowest BCUT2D eigenvalue weighted by Gasteiger charge is -2.15. The number of rotatable bonds is 2. The molecule has 1 aromatic carbocycles. The van der Waals surface area contributed by atoms with Gasteiger partial charge in [-0.1, -0.05) is 33.8 Å². The summed E-state index contributed by atoms with van der Waals surface area (Å²) in [5.74, 6) is 0.225. The van der Waals surface area contributed by atoms with Crippen molar-refractivity contribution < 1.29 is 4.39 Å². The minimum atomic E-state index is -0.188. The Labute approximate surface area is 103 Å². The Balaban J connectivity index is 2.31. The lowest BCUT2D eigenvalue weighted by Crippen LogP contribution is -2.16. The first kappa shape index (κ1) is 12.6. The van der Waals surface area contributed by atoms with Gasteiger partial charge in [0.1, 0.15) is 5.82 Å². The SMILES string of the molecule is Cc1cc(F)cc(C(N)C2C(C)(C)C2(C)C)c1. The summed E-state index contributed by atoms with van der Waals surface area (Å²) in [6.45, 7) is 10.9. The van der Waals surface area contributed by atoms with E-state index in [0.29, 0.717) is 5.92 Å². The fraction of sp³-hybridized carbons (Fsp3) is 0.600. The Morgan fingerprint density at radius 3 is 2.06 bits per heavy atom. The highest BCUT2D eigenvalue weighted by molar-refractivity contribution is 5.30. The van der Waals surface area contributed by atoms with Gasteiger partial charge in [0.2, 0.25) is 0 Å². The predicted octanol–water partition coefficient (Wildman–Crippen LogP) is 3.82. The molecular weight excluding hydrogens is 213 g/mol. The van der Waals surface area contributed by atoms with Gasteiger partial charge in [-0.2, -0.15) is 0 Å². The minimum absolute atomic E-state index is 0.0746. The second-order valence-corrected chi connectivity index (χ2v) is 6.51. The third-order valence-electron chi connectivity index (χ3n) is 4.94. The van der Waals surface area contributed by atoms with E-state index in [1.807, 2.05) is 13.0 Å². The molecule has 0 bridgehead atoms. The third kappa shape index (κ3) is 1.79. The van der Waals surface area contributed by atoms with Crippen molar-refractivity contribution in [2.24, 2.45) is 22.5 Å². The first-order chi connectivity index (χ1) is 7.68. The van der Waals surface area contributed by atoms with Gasteiger partial charge in [0.05, 0.1) is 0 Å². The van der Waals surface area contributed by atoms with Crippen molar-refractivity contribution in [2.75, 3.05) is 0 Å². The average molecular weight is 235 g/mol. The van der Waals surface area contributed by atoms with Gasteiger partial charge in [0.25, 0.3) is 0 Å². The lowest BCUT2D eigenvalue weighted by atomic mass is 9.96. The maximum atomic E-state index is 13.4. The fourth-order valence-electron chi connectivity index (χ4n) is 3.29. The number of benzene rings is 1. The lowest BCUT2D eigenvalue weighted by molar-refractivity contribution is 0.457. The summed E-state index contributed by atoms with van der Waals surface area (Å²) in [4.78, 5) is 0. The second-order valence-electron chi connectivity index (χ2n) is 6.51. The molecular formula is C15H22FN. The molecule has 0 spiro atoms. The van der Waals surface area contributed by atoms with E-state index in [9.17, 15) is 4.39 Å². The molecule has 1 nitrogen and oxygen atoms in total. The summed E-state index contributed by atoms with van der Waals surface area (Å²) in [6, 6.07) is 5.04. The Kier molecular flexibility index (Phi) is 2.62. The first-order valence-electron chi connectivity index (χ1n) is 6.20. The molecule has 1 aliphatic rings. The highest BCUT2D eigenvalue weighted by Gasteiger charge is 2.66. The molecule has 0 aromatic heterocycles. The molecule has 1 saturated carbocycles. The molecule has 1 atom stereocenters. The summed E-state index contributed by atoms with van der Waals surface area (Å²) in [6.07, 6.45) is 0. The van der Waals surface area contributed by atoms with Crippen LogP contribution in [0.5, 0.6) is 0 Å². The van der Waals surface area contributed by atoms with Crippen molar-refractivity contribution in [2.45, 2.75) is 40.7 Å². The molecule has 2 N–H and O–H groups in total. The highest BCUT2D eigenvalue weighted by atomic mass is 19.1. The quantitative estimate of drug-likeness (QED) is 0.828. The summed E-state index contributed by atoms with van der Waals surface area (Å²) in [5.41, 5.74) is 8.64. The van der Waals surface area contributed by atoms with Gasteiger partial charge in [-0.3, -0.25) is 0 Å². The Morgan fingerprint density at radius 2 is 1.65 bits per heavy atom. The van der Waals surface area contributed by atoms with Gasteiger partial charge >= 0.3 is 0 Å². The van der Waals surface area contributed by atoms with Crippen LogP contribution in [0.15, 0.2) is 18.2 Å². The van der Waals surface area contributed by atoms with Crippen molar-refractivity contribution in [3.05, 3.63) is 35.1 Å².